The van der Waals surface area contributed by atoms with Crippen LogP contribution >= 0.6 is 11.3 Å². The molecule has 2 N–H and O–H groups in total. The van der Waals surface area contributed by atoms with Crippen molar-refractivity contribution in [1.82, 2.24) is 10.2 Å². The topological polar surface area (TPSA) is 69.6 Å². The van der Waals surface area contributed by atoms with Crippen LogP contribution < -0.4 is 5.32 Å². The molecule has 1 unspecified atom stereocenters. The molecule has 0 aliphatic carbocycles. The highest BCUT2D eigenvalue weighted by Crippen LogP contribution is 2.23. The third-order valence-corrected chi connectivity index (χ3v) is 4.05. The first-order valence-electron chi connectivity index (χ1n) is 6.45. The van der Waals surface area contributed by atoms with Crippen molar-refractivity contribution in [1.29, 1.82) is 0 Å². The minimum Gasteiger partial charge on any atom is -0.394 e. The summed E-state index contributed by atoms with van der Waals surface area (Å²) in [6.07, 6.45) is 0. The van der Waals surface area contributed by atoms with Crippen LogP contribution in [0.3, 0.4) is 0 Å². The van der Waals surface area contributed by atoms with E-state index in [9.17, 15) is 14.7 Å². The fourth-order valence-corrected chi connectivity index (χ4v) is 2.57. The normalized spacial score (nSPS) is 12.8. The average molecular weight is 298 g/mol. The van der Waals surface area contributed by atoms with E-state index in [-0.39, 0.29) is 36.4 Å². The van der Waals surface area contributed by atoms with Gasteiger partial charge in [0.1, 0.15) is 0 Å². The summed E-state index contributed by atoms with van der Waals surface area (Å²) in [5, 5.41) is 13.8. The Morgan fingerprint density at radius 1 is 1.45 bits per heavy atom. The minimum atomic E-state index is -0.284. The van der Waals surface area contributed by atoms with Gasteiger partial charge < -0.3 is 15.3 Å². The molecule has 1 rings (SSSR count). The van der Waals surface area contributed by atoms with Crippen molar-refractivity contribution in [2.24, 2.45) is 5.41 Å². The molecule has 5 nitrogen and oxygen atoms in total. The lowest BCUT2D eigenvalue weighted by atomic mass is 9.86. The molecule has 0 saturated heterocycles. The molecule has 1 heterocycles. The molecule has 0 aromatic carbocycles. The van der Waals surface area contributed by atoms with Crippen molar-refractivity contribution < 1.29 is 14.7 Å². The number of carbonyl (C=O) groups is 2. The van der Waals surface area contributed by atoms with Crippen LogP contribution in [0.1, 0.15) is 30.4 Å². The number of hydrogen-bond donors (Lipinski definition) is 2. The fourth-order valence-electron chi connectivity index (χ4n) is 1.93. The molecule has 0 saturated carbocycles. The van der Waals surface area contributed by atoms with E-state index in [0.717, 1.165) is 0 Å². The molecule has 112 valence electrons. The maximum atomic E-state index is 12.1. The standard InChI is InChI=1S/C14H22N2O3S/c1-14(2,3)11(9-17)16(4)12(18)8-15-13(19)10-6-5-7-20-10/h5-7,11,17H,8-9H2,1-4H3,(H,15,19). The van der Waals surface area contributed by atoms with Gasteiger partial charge in [-0.1, -0.05) is 26.8 Å². The van der Waals surface area contributed by atoms with E-state index in [4.69, 9.17) is 0 Å². The van der Waals surface area contributed by atoms with Gasteiger partial charge in [-0.3, -0.25) is 9.59 Å². The molecule has 0 radical (unpaired) electrons. The number of aliphatic hydroxyl groups excluding tert-OH is 1. The summed E-state index contributed by atoms with van der Waals surface area (Å²) < 4.78 is 0. The van der Waals surface area contributed by atoms with Crippen LogP contribution in [0.25, 0.3) is 0 Å². The van der Waals surface area contributed by atoms with Gasteiger partial charge in [0, 0.05) is 7.05 Å². The molecule has 0 spiro atoms. The van der Waals surface area contributed by atoms with Gasteiger partial charge in [0.05, 0.1) is 24.1 Å². The maximum absolute atomic E-state index is 12.1. The summed E-state index contributed by atoms with van der Waals surface area (Å²) in [5.41, 5.74) is -0.225. The Kier molecular flexibility index (Phi) is 5.71. The predicted octanol–water partition coefficient (Wildman–Crippen LogP) is 1.34. The first kappa shape index (κ1) is 16.7. The molecular formula is C14H22N2O3S. The third kappa shape index (κ3) is 4.31. The molecule has 20 heavy (non-hydrogen) atoms. The largest absolute Gasteiger partial charge is 0.394 e. The molecule has 6 heteroatoms. The second-order valence-electron chi connectivity index (χ2n) is 5.73. The molecule has 0 aliphatic heterocycles. The lowest BCUT2D eigenvalue weighted by molar-refractivity contribution is -0.134. The Balaban J connectivity index is 2.56. The van der Waals surface area contributed by atoms with Crippen molar-refractivity contribution in [3.63, 3.8) is 0 Å². The van der Waals surface area contributed by atoms with Crippen molar-refractivity contribution in [3.8, 4) is 0 Å². The second-order valence-corrected chi connectivity index (χ2v) is 6.68. The maximum Gasteiger partial charge on any atom is 0.261 e. The Morgan fingerprint density at radius 3 is 2.55 bits per heavy atom. The molecule has 0 aliphatic rings. The zero-order chi connectivity index (χ0) is 15.3. The van der Waals surface area contributed by atoms with Crippen molar-refractivity contribution in [3.05, 3.63) is 22.4 Å². The lowest BCUT2D eigenvalue weighted by Gasteiger charge is -2.36. The molecule has 1 aromatic heterocycles. The highest BCUT2D eigenvalue weighted by molar-refractivity contribution is 7.12. The van der Waals surface area contributed by atoms with Crippen LogP contribution in [-0.2, 0) is 4.79 Å². The van der Waals surface area contributed by atoms with Crippen LogP contribution in [0.15, 0.2) is 17.5 Å². The molecule has 0 fully saturated rings. The van der Waals surface area contributed by atoms with E-state index in [1.807, 2.05) is 26.2 Å². The number of hydrogen-bond acceptors (Lipinski definition) is 4. The predicted molar refractivity (Wildman–Crippen MR) is 79.8 cm³/mol. The van der Waals surface area contributed by atoms with Gasteiger partial charge in [0.2, 0.25) is 5.91 Å². The summed E-state index contributed by atoms with van der Waals surface area (Å²) >= 11 is 1.33. The summed E-state index contributed by atoms with van der Waals surface area (Å²) in [5.74, 6) is -0.470. The summed E-state index contributed by atoms with van der Waals surface area (Å²) in [6.45, 7) is 5.70. The number of amides is 2. The highest BCUT2D eigenvalue weighted by atomic mass is 32.1. The summed E-state index contributed by atoms with van der Waals surface area (Å²) in [4.78, 5) is 25.9. The number of likely N-dealkylation sites (N-methyl/N-ethyl adjacent to an activating group) is 1. The van der Waals surface area contributed by atoms with Gasteiger partial charge in [-0.05, 0) is 16.9 Å². The van der Waals surface area contributed by atoms with Gasteiger partial charge >= 0.3 is 0 Å². The van der Waals surface area contributed by atoms with E-state index < -0.39 is 0 Å². The van der Waals surface area contributed by atoms with Crippen molar-refractivity contribution in [2.75, 3.05) is 20.2 Å². The van der Waals surface area contributed by atoms with Crippen LogP contribution in [-0.4, -0.2) is 48.1 Å². The Labute approximate surface area is 123 Å². The summed E-state index contributed by atoms with van der Waals surface area (Å²) in [6, 6.07) is 3.21. The van der Waals surface area contributed by atoms with E-state index in [1.165, 1.54) is 16.2 Å². The van der Waals surface area contributed by atoms with Gasteiger partial charge in [0.25, 0.3) is 5.91 Å². The number of aliphatic hydroxyl groups is 1. The number of nitrogens with one attached hydrogen (secondary N) is 1. The van der Waals surface area contributed by atoms with E-state index in [0.29, 0.717) is 4.88 Å². The smallest absolute Gasteiger partial charge is 0.261 e. The number of rotatable bonds is 5. The van der Waals surface area contributed by atoms with Crippen LogP contribution in [0.2, 0.25) is 0 Å². The Hall–Kier alpha value is -1.40. The van der Waals surface area contributed by atoms with Crippen LogP contribution in [0.4, 0.5) is 0 Å². The highest BCUT2D eigenvalue weighted by Gasteiger charge is 2.30. The van der Waals surface area contributed by atoms with Crippen LogP contribution in [0, 0.1) is 5.41 Å². The fraction of sp³-hybridized carbons (Fsp3) is 0.571. The number of nitrogens with zero attached hydrogens (tertiary/aromatic N) is 1. The monoisotopic (exact) mass is 298 g/mol. The lowest BCUT2D eigenvalue weighted by Crippen LogP contribution is -2.50. The first-order valence-corrected chi connectivity index (χ1v) is 7.33. The zero-order valence-electron chi connectivity index (χ0n) is 12.3. The van der Waals surface area contributed by atoms with E-state index >= 15 is 0 Å². The molecule has 1 atom stereocenters. The zero-order valence-corrected chi connectivity index (χ0v) is 13.2. The van der Waals surface area contributed by atoms with Gasteiger partial charge in [-0.2, -0.15) is 0 Å². The van der Waals surface area contributed by atoms with E-state index in [1.54, 1.807) is 19.2 Å². The SMILES string of the molecule is CN(C(=O)CNC(=O)c1cccs1)C(CO)C(C)(C)C. The molecular weight excluding hydrogens is 276 g/mol. The first-order chi connectivity index (χ1) is 9.27. The molecule has 0 bridgehead atoms. The second kappa shape index (κ2) is 6.85. The van der Waals surface area contributed by atoms with Gasteiger partial charge in [-0.15, -0.1) is 11.3 Å². The minimum absolute atomic E-state index is 0.0696. The van der Waals surface area contributed by atoms with Crippen molar-refractivity contribution >= 4 is 23.2 Å². The Bertz CT molecular complexity index is 451. The quantitative estimate of drug-likeness (QED) is 0.862. The molecule has 1 aromatic rings. The van der Waals surface area contributed by atoms with Gasteiger partial charge in [-0.25, -0.2) is 0 Å². The van der Waals surface area contributed by atoms with Gasteiger partial charge in [0.15, 0.2) is 0 Å². The average Bonchev–Trinajstić information content (AvgIpc) is 2.88. The number of thiophene rings is 1. The van der Waals surface area contributed by atoms with E-state index in [2.05, 4.69) is 5.32 Å². The third-order valence-electron chi connectivity index (χ3n) is 3.18. The summed E-state index contributed by atoms with van der Waals surface area (Å²) in [7, 11) is 1.64. The molecule has 2 amide bonds. The number of carbonyl (C=O) groups excluding carboxylic acids is 2. The van der Waals surface area contributed by atoms with Crippen molar-refractivity contribution in [2.45, 2.75) is 26.8 Å². The van der Waals surface area contributed by atoms with Crippen LogP contribution in [0.5, 0.6) is 0 Å². The Morgan fingerprint density at radius 2 is 2.10 bits per heavy atom.